The zero-order valence-electron chi connectivity index (χ0n) is 11.8. The van der Waals surface area contributed by atoms with Crippen molar-refractivity contribution in [2.75, 3.05) is 0 Å². The van der Waals surface area contributed by atoms with E-state index in [0.29, 0.717) is 0 Å². The molecule has 0 atom stereocenters. The summed E-state index contributed by atoms with van der Waals surface area (Å²) in [6.07, 6.45) is 0. The molecule has 0 aromatic carbocycles. The van der Waals surface area contributed by atoms with Crippen molar-refractivity contribution in [3.05, 3.63) is 0 Å². The van der Waals surface area contributed by atoms with Crippen LogP contribution in [-0.4, -0.2) is 15.9 Å². The fourth-order valence-electron chi connectivity index (χ4n) is 1.67. The summed E-state index contributed by atoms with van der Waals surface area (Å²) in [6.45, 7) is 17.8. The Morgan fingerprint density at radius 2 is 1.00 bits per heavy atom. The molecule has 0 fully saturated rings. The van der Waals surface area contributed by atoms with Crippen molar-refractivity contribution in [2.45, 2.75) is 78.2 Å². The summed E-state index contributed by atoms with van der Waals surface area (Å²) in [5.74, 6) is 0. The third-order valence-electron chi connectivity index (χ3n) is 2.17. The van der Waals surface area contributed by atoms with Crippen LogP contribution in [-0.2, 0) is 9.09 Å². The van der Waals surface area contributed by atoms with Crippen molar-refractivity contribution in [3.63, 3.8) is 0 Å². The zero-order valence-corrected chi connectivity index (χ0v) is 12.7. The van der Waals surface area contributed by atoms with E-state index >= 15 is 0 Å². The number of rotatable bonds is 1. The Bertz CT molecular complexity index is 243. The molecule has 0 bridgehead atoms. The predicted molar refractivity (Wildman–Crippen MR) is 68.0 cm³/mol. The van der Waals surface area contributed by atoms with E-state index < -0.39 is 7.37 Å². The van der Waals surface area contributed by atoms with Crippen LogP contribution in [0.3, 0.4) is 0 Å². The highest BCUT2D eigenvalue weighted by Gasteiger charge is 2.49. The van der Waals surface area contributed by atoms with Crippen molar-refractivity contribution < 1.29 is 9.09 Å². The van der Waals surface area contributed by atoms with Crippen LogP contribution in [0.5, 0.6) is 0 Å². The largest absolute Gasteiger partial charge is 0.322 e. The van der Waals surface area contributed by atoms with E-state index in [9.17, 15) is 4.57 Å². The lowest BCUT2D eigenvalue weighted by atomic mass is 10.2. The number of hydrogen-bond donors (Lipinski definition) is 0. The quantitative estimate of drug-likeness (QED) is 0.616. The molecule has 0 aliphatic rings. The van der Waals surface area contributed by atoms with E-state index in [0.717, 1.165) is 0 Å². The van der Waals surface area contributed by atoms with Crippen molar-refractivity contribution in [1.29, 1.82) is 0 Å². The molecule has 3 heteroatoms. The maximum atomic E-state index is 13.0. The molecular weight excluding hydrogens is 207 g/mol. The van der Waals surface area contributed by atoms with Crippen molar-refractivity contribution in [2.24, 2.45) is 0 Å². The topological polar surface area (TPSA) is 26.3 Å². The normalized spacial score (nSPS) is 15.5. The fourth-order valence-corrected chi connectivity index (χ4v) is 5.00. The summed E-state index contributed by atoms with van der Waals surface area (Å²) in [6, 6.07) is 0. The van der Waals surface area contributed by atoms with Crippen LogP contribution in [0.25, 0.3) is 0 Å². The maximum Gasteiger partial charge on any atom is 0.213 e. The summed E-state index contributed by atoms with van der Waals surface area (Å²) >= 11 is 0. The van der Waals surface area contributed by atoms with E-state index in [2.05, 4.69) is 0 Å². The van der Waals surface area contributed by atoms with Crippen LogP contribution in [0, 0.1) is 0 Å². The van der Waals surface area contributed by atoms with Gasteiger partial charge < -0.3 is 4.52 Å². The van der Waals surface area contributed by atoms with Gasteiger partial charge in [0.1, 0.15) is 0 Å². The van der Waals surface area contributed by atoms with Gasteiger partial charge in [-0.15, -0.1) is 0 Å². The summed E-state index contributed by atoms with van der Waals surface area (Å²) < 4.78 is 19.0. The van der Waals surface area contributed by atoms with Gasteiger partial charge >= 0.3 is 0 Å². The molecule has 0 aromatic rings. The molecular formula is C12H27O2P. The average molecular weight is 234 g/mol. The molecule has 92 valence electrons. The third kappa shape index (κ3) is 3.60. The molecule has 0 aromatic heterocycles. The molecule has 0 aliphatic carbocycles. The second-order valence-corrected chi connectivity index (χ2v) is 11.1. The molecule has 0 aliphatic heterocycles. The molecule has 0 spiro atoms. The molecule has 0 saturated carbocycles. The highest BCUT2D eigenvalue weighted by atomic mass is 31.2. The van der Waals surface area contributed by atoms with Gasteiger partial charge in [-0.25, -0.2) is 0 Å². The molecule has 0 amide bonds. The first-order chi connectivity index (χ1) is 6.21. The SMILES string of the molecule is CC(C)(C)OP(=O)(C(C)(C)C)C(C)(C)C. The van der Waals surface area contributed by atoms with E-state index in [1.165, 1.54) is 0 Å². The predicted octanol–water partition coefficient (Wildman–Crippen LogP) is 4.68. The van der Waals surface area contributed by atoms with E-state index in [-0.39, 0.29) is 15.9 Å². The van der Waals surface area contributed by atoms with E-state index in [4.69, 9.17) is 4.52 Å². The summed E-state index contributed by atoms with van der Waals surface area (Å²) in [7, 11) is -2.71. The van der Waals surface area contributed by atoms with Crippen molar-refractivity contribution >= 4 is 7.37 Å². The highest BCUT2D eigenvalue weighted by Crippen LogP contribution is 2.69. The van der Waals surface area contributed by atoms with Crippen molar-refractivity contribution in [1.82, 2.24) is 0 Å². The average Bonchev–Trinajstić information content (AvgIpc) is 1.77. The fraction of sp³-hybridized carbons (Fsp3) is 1.00. The van der Waals surface area contributed by atoms with Crippen molar-refractivity contribution in [3.8, 4) is 0 Å². The lowest BCUT2D eigenvalue weighted by Gasteiger charge is -2.43. The molecule has 0 saturated heterocycles. The van der Waals surface area contributed by atoms with Gasteiger partial charge in [0.05, 0.1) is 5.60 Å². The molecule has 0 N–H and O–H groups in total. The van der Waals surface area contributed by atoms with E-state index in [1.807, 2.05) is 62.3 Å². The minimum atomic E-state index is -2.71. The molecule has 15 heavy (non-hydrogen) atoms. The monoisotopic (exact) mass is 234 g/mol. The smallest absolute Gasteiger partial charge is 0.213 e. The second-order valence-electron chi connectivity index (χ2n) is 7.10. The van der Waals surface area contributed by atoms with Crippen LogP contribution in [0.1, 0.15) is 62.3 Å². The molecule has 0 rings (SSSR count). The minimum Gasteiger partial charge on any atom is -0.322 e. The van der Waals surface area contributed by atoms with Crippen LogP contribution >= 0.6 is 7.37 Å². The van der Waals surface area contributed by atoms with Gasteiger partial charge in [0.2, 0.25) is 7.37 Å². The summed E-state index contributed by atoms with van der Waals surface area (Å²) in [5, 5.41) is -0.642. The Morgan fingerprint density at radius 1 is 0.733 bits per heavy atom. The van der Waals surface area contributed by atoms with Crippen LogP contribution < -0.4 is 0 Å². The Balaban J connectivity index is 5.37. The zero-order chi connectivity index (χ0) is 12.7. The Labute approximate surface area is 95.2 Å². The number of hydrogen-bond acceptors (Lipinski definition) is 2. The maximum absolute atomic E-state index is 13.0. The first kappa shape index (κ1) is 15.2. The summed E-state index contributed by atoms with van der Waals surface area (Å²) in [5.41, 5.74) is -0.365. The highest BCUT2D eigenvalue weighted by molar-refractivity contribution is 7.62. The molecule has 0 heterocycles. The van der Waals surface area contributed by atoms with Crippen LogP contribution in [0.15, 0.2) is 0 Å². The van der Waals surface area contributed by atoms with Gasteiger partial charge in [0, 0.05) is 10.3 Å². The van der Waals surface area contributed by atoms with Gasteiger partial charge in [-0.2, -0.15) is 0 Å². The van der Waals surface area contributed by atoms with Crippen LogP contribution in [0.4, 0.5) is 0 Å². The van der Waals surface area contributed by atoms with Gasteiger partial charge in [-0.3, -0.25) is 4.57 Å². The first-order valence-corrected chi connectivity index (χ1v) is 7.14. The first-order valence-electron chi connectivity index (χ1n) is 5.52. The summed E-state index contributed by atoms with van der Waals surface area (Å²) in [4.78, 5) is 0. The third-order valence-corrected chi connectivity index (χ3v) is 6.51. The molecule has 0 radical (unpaired) electrons. The lowest BCUT2D eigenvalue weighted by Crippen LogP contribution is -2.34. The Morgan fingerprint density at radius 3 is 1.07 bits per heavy atom. The molecule has 2 nitrogen and oxygen atoms in total. The minimum absolute atomic E-state index is 0.321. The molecule has 0 unspecified atom stereocenters. The van der Waals surface area contributed by atoms with Gasteiger partial charge in [-0.1, -0.05) is 41.5 Å². The lowest BCUT2D eigenvalue weighted by molar-refractivity contribution is 0.122. The van der Waals surface area contributed by atoms with Crippen LogP contribution in [0.2, 0.25) is 0 Å². The standard InChI is InChI=1S/C12H27O2P/c1-10(2,3)14-15(13,11(4,5)6)12(7,8)9/h1-9H3. The Hall–Kier alpha value is 0.190. The Kier molecular flexibility index (Phi) is 3.94. The van der Waals surface area contributed by atoms with E-state index in [1.54, 1.807) is 0 Å². The second kappa shape index (κ2) is 3.89. The van der Waals surface area contributed by atoms with Gasteiger partial charge in [0.15, 0.2) is 0 Å². The van der Waals surface area contributed by atoms with Gasteiger partial charge in [-0.05, 0) is 20.8 Å². The van der Waals surface area contributed by atoms with Gasteiger partial charge in [0.25, 0.3) is 0 Å².